The summed E-state index contributed by atoms with van der Waals surface area (Å²) in [5.41, 5.74) is 6.58. The van der Waals surface area contributed by atoms with Crippen molar-refractivity contribution in [2.45, 2.75) is 82.0 Å². The molecule has 0 aromatic carbocycles. The first kappa shape index (κ1) is 18.8. The monoisotopic (exact) mass is 396 g/mol. The first-order valence-corrected chi connectivity index (χ1v) is 11.5. The van der Waals surface area contributed by atoms with Crippen molar-refractivity contribution in [1.29, 1.82) is 0 Å². The molecule has 1 aromatic heterocycles. The standard InChI is InChI=1S/C13H27.C5H5N2.Sn/c1-4-7-10-13(11-8-5-2)12-9-6-3;6-5-2-1-3-7-4-5;/h4-12H2,1-3H3;1-2,4H,6H2;. The Labute approximate surface area is 141 Å². The summed E-state index contributed by atoms with van der Waals surface area (Å²) in [6.07, 6.45) is 14.2. The first-order valence-electron chi connectivity index (χ1n) is 8.65. The number of rotatable bonds is 11. The Morgan fingerprint density at radius 3 is 1.86 bits per heavy atom. The van der Waals surface area contributed by atoms with Crippen LogP contribution in [-0.4, -0.2) is 26.1 Å². The molecule has 1 aromatic rings. The van der Waals surface area contributed by atoms with Crippen molar-refractivity contribution in [2.24, 2.45) is 0 Å². The van der Waals surface area contributed by atoms with Gasteiger partial charge in [0, 0.05) is 0 Å². The molecule has 0 aliphatic rings. The minimum atomic E-state index is -0.676. The van der Waals surface area contributed by atoms with Gasteiger partial charge in [0.25, 0.3) is 0 Å². The van der Waals surface area contributed by atoms with E-state index in [-0.39, 0.29) is 0 Å². The summed E-state index contributed by atoms with van der Waals surface area (Å²) >= 11 is -0.676. The maximum absolute atomic E-state index is 5.79. The Kier molecular flexibility index (Phi) is 9.37. The van der Waals surface area contributed by atoms with Gasteiger partial charge in [-0.3, -0.25) is 0 Å². The van der Waals surface area contributed by atoms with Crippen molar-refractivity contribution in [3.63, 3.8) is 0 Å². The van der Waals surface area contributed by atoms with Crippen molar-refractivity contribution in [3.8, 4) is 0 Å². The molecule has 0 aliphatic heterocycles. The third kappa shape index (κ3) is 7.03. The maximum atomic E-state index is 5.79. The number of nitrogens with zero attached hydrogens (tertiary/aromatic N) is 1. The van der Waals surface area contributed by atoms with Gasteiger partial charge in [-0.1, -0.05) is 0 Å². The molecular weight excluding hydrogens is 363 g/mol. The summed E-state index contributed by atoms with van der Waals surface area (Å²) in [6, 6.07) is 4.23. The van der Waals surface area contributed by atoms with E-state index in [1.807, 2.05) is 12.3 Å². The van der Waals surface area contributed by atoms with E-state index in [1.165, 1.54) is 61.5 Å². The van der Waals surface area contributed by atoms with Crippen molar-refractivity contribution in [2.75, 3.05) is 5.73 Å². The van der Waals surface area contributed by atoms with E-state index in [1.54, 1.807) is 0 Å². The molecule has 0 saturated heterocycles. The summed E-state index contributed by atoms with van der Waals surface area (Å²) in [6.45, 7) is 6.95. The van der Waals surface area contributed by atoms with Crippen LogP contribution in [-0.2, 0) is 0 Å². The molecule has 0 aliphatic carbocycles. The summed E-state index contributed by atoms with van der Waals surface area (Å²) in [7, 11) is 0. The summed E-state index contributed by atoms with van der Waals surface area (Å²) in [4.78, 5) is 4.64. The molecule has 21 heavy (non-hydrogen) atoms. The van der Waals surface area contributed by atoms with Crippen molar-refractivity contribution >= 4 is 30.5 Å². The topological polar surface area (TPSA) is 38.9 Å². The van der Waals surface area contributed by atoms with Crippen molar-refractivity contribution < 1.29 is 0 Å². The van der Waals surface area contributed by atoms with E-state index < -0.39 is 21.1 Å². The van der Waals surface area contributed by atoms with E-state index >= 15 is 0 Å². The third-order valence-corrected chi connectivity index (χ3v) is 9.44. The second-order valence-corrected chi connectivity index (χ2v) is 11.4. The van der Waals surface area contributed by atoms with Crippen LogP contribution in [0.5, 0.6) is 0 Å². The fourth-order valence-corrected chi connectivity index (χ4v) is 7.84. The van der Waals surface area contributed by atoms with Gasteiger partial charge in [-0.2, -0.15) is 0 Å². The quantitative estimate of drug-likeness (QED) is 0.551. The Hall–Kier alpha value is -0.251. The molecule has 2 radical (unpaired) electrons. The molecule has 0 fully saturated rings. The fraction of sp³-hybridized carbons (Fsp3) is 0.722. The molecule has 1 heterocycles. The van der Waals surface area contributed by atoms with Crippen LogP contribution in [0.2, 0.25) is 3.43 Å². The molecule has 0 atom stereocenters. The summed E-state index contributed by atoms with van der Waals surface area (Å²) in [5, 5.41) is 0. The summed E-state index contributed by atoms with van der Waals surface area (Å²) in [5.74, 6) is 0. The van der Waals surface area contributed by atoms with Crippen LogP contribution in [0.1, 0.15) is 78.6 Å². The number of pyridine rings is 1. The van der Waals surface area contributed by atoms with Gasteiger partial charge >= 0.3 is 142 Å². The zero-order valence-corrected chi connectivity index (χ0v) is 17.0. The van der Waals surface area contributed by atoms with Gasteiger partial charge in [0.2, 0.25) is 0 Å². The van der Waals surface area contributed by atoms with Gasteiger partial charge in [0.05, 0.1) is 0 Å². The normalized spacial score (nSPS) is 11.8. The molecule has 1 rings (SSSR count). The average molecular weight is 395 g/mol. The number of unbranched alkanes of at least 4 members (excludes halogenated alkanes) is 3. The Balaban J connectivity index is 2.85. The van der Waals surface area contributed by atoms with E-state index in [2.05, 4.69) is 31.8 Å². The van der Waals surface area contributed by atoms with Gasteiger partial charge in [-0.15, -0.1) is 0 Å². The molecule has 0 spiro atoms. The molecule has 0 bridgehead atoms. The molecule has 0 unspecified atom stereocenters. The number of hydrogen-bond donors (Lipinski definition) is 1. The molecular formula is C18H32N2Sn. The fourth-order valence-electron chi connectivity index (χ4n) is 2.86. The second kappa shape index (κ2) is 10.5. The molecule has 2 nitrogen and oxygen atoms in total. The zero-order chi connectivity index (χ0) is 15.6. The number of nitrogen functional groups attached to an aromatic ring is 1. The van der Waals surface area contributed by atoms with Crippen LogP contribution in [0, 0.1) is 0 Å². The molecule has 3 heteroatoms. The second-order valence-electron chi connectivity index (χ2n) is 6.19. The van der Waals surface area contributed by atoms with E-state index in [4.69, 9.17) is 5.73 Å². The van der Waals surface area contributed by atoms with Crippen LogP contribution in [0.4, 0.5) is 5.69 Å². The van der Waals surface area contributed by atoms with Crippen LogP contribution in [0.25, 0.3) is 0 Å². The van der Waals surface area contributed by atoms with E-state index in [0.29, 0.717) is 3.43 Å². The van der Waals surface area contributed by atoms with Gasteiger partial charge in [0.15, 0.2) is 0 Å². The van der Waals surface area contributed by atoms with Crippen LogP contribution >= 0.6 is 0 Å². The number of hydrogen-bond acceptors (Lipinski definition) is 2. The molecule has 0 amide bonds. The summed E-state index contributed by atoms with van der Waals surface area (Å²) < 4.78 is 2.00. The van der Waals surface area contributed by atoms with Gasteiger partial charge in [-0.25, -0.2) is 0 Å². The first-order chi connectivity index (χ1) is 10.2. The Bertz CT molecular complexity index is 354. The van der Waals surface area contributed by atoms with Crippen LogP contribution in [0.15, 0.2) is 18.3 Å². The average Bonchev–Trinajstić information content (AvgIpc) is 2.51. The van der Waals surface area contributed by atoms with Crippen LogP contribution < -0.4 is 9.44 Å². The molecule has 118 valence electrons. The minimum absolute atomic E-state index is 0.620. The van der Waals surface area contributed by atoms with Gasteiger partial charge in [0.1, 0.15) is 0 Å². The predicted molar refractivity (Wildman–Crippen MR) is 95.3 cm³/mol. The Morgan fingerprint density at radius 2 is 1.48 bits per heavy atom. The molecule has 2 N–H and O–H groups in total. The van der Waals surface area contributed by atoms with Gasteiger partial charge < -0.3 is 0 Å². The van der Waals surface area contributed by atoms with E-state index in [9.17, 15) is 0 Å². The van der Waals surface area contributed by atoms with Crippen LogP contribution in [0.3, 0.4) is 0 Å². The predicted octanol–water partition coefficient (Wildman–Crippen LogP) is 4.72. The number of aromatic nitrogens is 1. The molecule has 0 saturated carbocycles. The van der Waals surface area contributed by atoms with Crippen molar-refractivity contribution in [3.05, 3.63) is 18.3 Å². The Morgan fingerprint density at radius 1 is 0.952 bits per heavy atom. The van der Waals surface area contributed by atoms with Gasteiger partial charge in [-0.05, 0) is 0 Å². The zero-order valence-electron chi connectivity index (χ0n) is 14.1. The SMILES string of the molecule is CCCC[C](CCCC)(CCCC)[Sn][c]1ccc(N)cn1. The van der Waals surface area contributed by atoms with Crippen molar-refractivity contribution in [1.82, 2.24) is 4.98 Å². The number of anilines is 1. The third-order valence-electron chi connectivity index (χ3n) is 4.21. The van der Waals surface area contributed by atoms with E-state index in [0.717, 1.165) is 5.69 Å². The number of nitrogens with two attached hydrogens (primary N) is 1.